The summed E-state index contributed by atoms with van der Waals surface area (Å²) >= 11 is 0. The average Bonchev–Trinajstić information content (AvgIpc) is 2.30. The Morgan fingerprint density at radius 2 is 0.552 bits per heavy atom. The van der Waals surface area contributed by atoms with Gasteiger partial charge in [-0.3, -0.25) is 18.3 Å². The molecule has 0 spiro atoms. The number of rotatable bonds is 6. The summed E-state index contributed by atoms with van der Waals surface area (Å²) in [6.07, 6.45) is 6.19. The van der Waals surface area contributed by atoms with Crippen LogP contribution in [-0.2, 0) is 18.3 Å². The molecule has 0 aliphatic rings. The number of nitrogens with two attached hydrogens (primary N) is 2. The highest BCUT2D eigenvalue weighted by molar-refractivity contribution is 7.51. The van der Waals surface area contributed by atoms with Gasteiger partial charge in [-0.15, -0.1) is 0 Å². The Morgan fingerprint density at radius 3 is 0.655 bits per heavy atom. The van der Waals surface area contributed by atoms with Crippen LogP contribution < -0.4 is 11.5 Å². The van der Waals surface area contributed by atoms with Crippen LogP contribution in [0.3, 0.4) is 0 Å². The number of hydrogen-bond acceptors (Lipinski definition) is 6. The van der Waals surface area contributed by atoms with Gasteiger partial charge in [-0.25, -0.2) is 0 Å². The third-order valence-electron chi connectivity index (χ3n) is 1.41. The molecule has 0 saturated carbocycles. The first-order valence-corrected chi connectivity index (χ1v) is 16.2. The van der Waals surface area contributed by atoms with E-state index in [1.165, 1.54) is 32.1 Å². The van der Waals surface area contributed by atoms with Crippen molar-refractivity contribution in [2.24, 2.45) is 11.5 Å². The average molecular weight is 514 g/mol. The third-order valence-corrected chi connectivity index (χ3v) is 1.41. The molecule has 0 heterocycles. The molecule has 184 valence electrons. The van der Waals surface area contributed by atoms with E-state index >= 15 is 0 Å². The normalized spacial score (nSPS) is 11.2. The van der Waals surface area contributed by atoms with Crippen molar-refractivity contribution in [2.75, 3.05) is 39.7 Å². The second-order valence-electron chi connectivity index (χ2n) is 5.69. The molecule has 12 N–H and O–H groups in total. The zero-order valence-electron chi connectivity index (χ0n) is 17.1. The van der Waals surface area contributed by atoms with E-state index < -0.39 is 30.4 Å². The minimum absolute atomic E-state index is 0.836. The largest absolute Gasteiger partial charge is 0.330 e. The second kappa shape index (κ2) is 21.7. The Labute approximate surface area is 171 Å². The maximum atomic E-state index is 9.33. The van der Waals surface area contributed by atoms with Gasteiger partial charge in [-0.2, -0.15) is 0 Å². The van der Waals surface area contributed by atoms with Gasteiger partial charge in [0.1, 0.15) is 0 Å². The van der Waals surface area contributed by atoms with Crippen molar-refractivity contribution in [3.63, 3.8) is 0 Å². The number of unbranched alkanes of at least 4 members (excludes halogenated alkanes) is 4. The first-order valence-electron chi connectivity index (χ1n) is 7.94. The molecule has 0 bridgehead atoms. The van der Waals surface area contributed by atoms with Gasteiger partial charge >= 0.3 is 30.4 Å². The number of hydrogen-bond donors (Lipinski definition) is 10. The zero-order chi connectivity index (χ0) is 24.9. The summed E-state index contributed by atoms with van der Waals surface area (Å²) in [7, 11) is -14.6. The summed E-state index contributed by atoms with van der Waals surface area (Å²) in [4.78, 5) is 61.1. The van der Waals surface area contributed by atoms with Crippen LogP contribution in [0.4, 0.5) is 0 Å². The van der Waals surface area contributed by atoms with Crippen LogP contribution in [0, 0.1) is 0 Å². The molecule has 0 unspecified atom stereocenters. The fourth-order valence-corrected chi connectivity index (χ4v) is 0.819. The second-order valence-corrected chi connectivity index (χ2v) is 12.4. The summed E-state index contributed by atoms with van der Waals surface area (Å²) in [6, 6.07) is 0. The highest BCUT2D eigenvalue weighted by Crippen LogP contribution is 2.27. The minimum Gasteiger partial charge on any atom is -0.330 e. The third kappa shape index (κ3) is 472. The van der Waals surface area contributed by atoms with Gasteiger partial charge in [0.15, 0.2) is 0 Å². The SMILES string of the molecule is CP(=O)(O)O.CP(=O)(O)O.CP(=O)(O)O.CP(=O)(O)O.NCCCCCCCN. The maximum absolute atomic E-state index is 9.33. The fourth-order valence-electron chi connectivity index (χ4n) is 0.819. The first-order chi connectivity index (χ1) is 12.4. The van der Waals surface area contributed by atoms with Gasteiger partial charge in [-0.1, -0.05) is 19.3 Å². The van der Waals surface area contributed by atoms with Crippen LogP contribution in [0.1, 0.15) is 32.1 Å². The lowest BCUT2D eigenvalue weighted by molar-refractivity contribution is 0.379. The van der Waals surface area contributed by atoms with Crippen molar-refractivity contribution in [2.45, 2.75) is 32.1 Å². The molecule has 14 nitrogen and oxygen atoms in total. The molecule has 0 radical (unpaired) electrons. The van der Waals surface area contributed by atoms with E-state index in [0.717, 1.165) is 39.7 Å². The first kappa shape index (κ1) is 39.9. The molecule has 0 aromatic carbocycles. The topological polar surface area (TPSA) is 282 Å². The molecular weight excluding hydrogens is 476 g/mol. The lowest BCUT2D eigenvalue weighted by Crippen LogP contribution is -1.99. The lowest BCUT2D eigenvalue weighted by Gasteiger charge is -1.96. The van der Waals surface area contributed by atoms with Crippen LogP contribution in [0.25, 0.3) is 0 Å². The highest BCUT2D eigenvalue weighted by Gasteiger charge is 1.97. The quantitative estimate of drug-likeness (QED) is 0.165. The molecular formula is C11H38N2O12P4. The minimum atomic E-state index is -3.64. The summed E-state index contributed by atoms with van der Waals surface area (Å²) in [5.74, 6) is 0. The zero-order valence-corrected chi connectivity index (χ0v) is 20.7. The van der Waals surface area contributed by atoms with E-state index in [1.807, 2.05) is 0 Å². The molecule has 0 fully saturated rings. The van der Waals surface area contributed by atoms with Crippen molar-refractivity contribution in [1.82, 2.24) is 0 Å². The summed E-state index contributed by atoms with van der Waals surface area (Å²) in [5, 5.41) is 0. The smallest absolute Gasteiger partial charge is 0.322 e. The van der Waals surface area contributed by atoms with Crippen molar-refractivity contribution >= 4 is 30.4 Å². The standard InChI is InChI=1S/C7H18N2.4CH5O3P/c8-6-4-2-1-3-5-7-9;4*1-5(2,3)4/h1-9H2;4*1H3,(H2,2,3,4). The van der Waals surface area contributed by atoms with Gasteiger partial charge in [0, 0.05) is 26.7 Å². The summed E-state index contributed by atoms with van der Waals surface area (Å²) in [5.41, 5.74) is 10.6. The van der Waals surface area contributed by atoms with Gasteiger partial charge in [0.05, 0.1) is 0 Å². The monoisotopic (exact) mass is 514 g/mol. The van der Waals surface area contributed by atoms with Crippen molar-refractivity contribution in [3.05, 3.63) is 0 Å². The van der Waals surface area contributed by atoms with E-state index in [2.05, 4.69) is 0 Å². The van der Waals surface area contributed by atoms with Gasteiger partial charge in [0.2, 0.25) is 0 Å². The molecule has 0 aromatic rings. The molecule has 0 saturated heterocycles. The summed E-state index contributed by atoms with van der Waals surface area (Å²) in [6.45, 7) is 5.09. The molecule has 0 amide bonds. The van der Waals surface area contributed by atoms with E-state index in [1.54, 1.807) is 0 Å². The molecule has 18 heteroatoms. The molecule has 0 atom stereocenters. The predicted molar refractivity (Wildman–Crippen MR) is 113 cm³/mol. The lowest BCUT2D eigenvalue weighted by atomic mass is 10.1. The molecule has 0 aliphatic heterocycles. The Morgan fingerprint density at radius 1 is 0.448 bits per heavy atom. The van der Waals surface area contributed by atoms with Gasteiger partial charge in [-0.05, 0) is 25.9 Å². The van der Waals surface area contributed by atoms with Gasteiger partial charge < -0.3 is 50.6 Å². The van der Waals surface area contributed by atoms with Crippen molar-refractivity contribution < 1.29 is 57.4 Å². The van der Waals surface area contributed by atoms with Gasteiger partial charge in [0.25, 0.3) is 0 Å². The van der Waals surface area contributed by atoms with Crippen LogP contribution in [0.2, 0.25) is 0 Å². The van der Waals surface area contributed by atoms with Crippen LogP contribution >= 0.6 is 30.4 Å². The van der Waals surface area contributed by atoms with E-state index in [9.17, 15) is 18.3 Å². The Bertz CT molecular complexity index is 405. The van der Waals surface area contributed by atoms with E-state index in [4.69, 9.17) is 50.6 Å². The van der Waals surface area contributed by atoms with Crippen molar-refractivity contribution in [3.8, 4) is 0 Å². The fraction of sp³-hybridized carbons (Fsp3) is 1.00. The van der Waals surface area contributed by atoms with E-state index in [-0.39, 0.29) is 0 Å². The Hall–Kier alpha value is 0.520. The van der Waals surface area contributed by atoms with Crippen LogP contribution in [0.5, 0.6) is 0 Å². The van der Waals surface area contributed by atoms with Crippen LogP contribution in [-0.4, -0.2) is 78.9 Å². The molecule has 0 rings (SSSR count). The Balaban J connectivity index is -0.0000000853. The van der Waals surface area contributed by atoms with Crippen molar-refractivity contribution in [1.29, 1.82) is 0 Å². The van der Waals surface area contributed by atoms with Crippen LogP contribution in [0.15, 0.2) is 0 Å². The summed E-state index contributed by atoms with van der Waals surface area (Å²) < 4.78 is 37.3. The molecule has 29 heavy (non-hydrogen) atoms. The predicted octanol–water partition coefficient (Wildman–Crippen LogP) is 0.0299. The maximum Gasteiger partial charge on any atom is 0.322 e. The Kier molecular flexibility index (Phi) is 29.9. The molecule has 0 aliphatic carbocycles. The van der Waals surface area contributed by atoms with E-state index in [0.29, 0.717) is 0 Å². The highest BCUT2D eigenvalue weighted by atomic mass is 31.2. The molecule has 0 aromatic heterocycles.